The first-order valence-corrected chi connectivity index (χ1v) is 10.4. The van der Waals surface area contributed by atoms with Gasteiger partial charge in [0.1, 0.15) is 17.5 Å². The van der Waals surface area contributed by atoms with Crippen molar-refractivity contribution < 1.29 is 9.53 Å². The van der Waals surface area contributed by atoms with Crippen LogP contribution in [0.1, 0.15) is 35.3 Å². The Morgan fingerprint density at radius 2 is 2.06 bits per heavy atom. The number of rotatable bonds is 8. The molecule has 1 aromatic carbocycles. The molecule has 164 valence electrons. The van der Waals surface area contributed by atoms with Gasteiger partial charge < -0.3 is 21.1 Å². The van der Waals surface area contributed by atoms with Gasteiger partial charge in [0, 0.05) is 18.3 Å². The minimum Gasteiger partial charge on any atom is -0.492 e. The molecule has 10 heteroatoms. The maximum absolute atomic E-state index is 11.3. The van der Waals surface area contributed by atoms with Crippen LogP contribution in [0.4, 0.5) is 5.82 Å². The van der Waals surface area contributed by atoms with Crippen molar-refractivity contribution in [2.75, 3.05) is 32.0 Å². The molecule has 0 unspecified atom stereocenters. The van der Waals surface area contributed by atoms with Crippen LogP contribution >= 0.6 is 0 Å². The molecule has 4 N–H and O–H groups in total. The second-order valence-electron chi connectivity index (χ2n) is 7.55. The van der Waals surface area contributed by atoms with Crippen molar-refractivity contribution in [1.29, 1.82) is 5.26 Å². The van der Waals surface area contributed by atoms with Crippen LogP contribution in [0.5, 0.6) is 5.75 Å². The topological polar surface area (TPSA) is 149 Å². The maximum atomic E-state index is 11.3. The van der Waals surface area contributed by atoms with E-state index in [2.05, 4.69) is 26.0 Å². The lowest BCUT2D eigenvalue weighted by molar-refractivity contribution is 0.0995. The van der Waals surface area contributed by atoms with Crippen molar-refractivity contribution in [1.82, 2.24) is 24.6 Å². The number of carbonyl (C=O) groups is 1. The minimum absolute atomic E-state index is 0.0922. The average Bonchev–Trinajstić information content (AvgIpc) is 3.49. The van der Waals surface area contributed by atoms with Gasteiger partial charge in [-0.1, -0.05) is 0 Å². The van der Waals surface area contributed by atoms with Gasteiger partial charge in [-0.2, -0.15) is 10.4 Å². The van der Waals surface area contributed by atoms with E-state index in [0.717, 1.165) is 26.1 Å². The van der Waals surface area contributed by atoms with Crippen LogP contribution in [0.2, 0.25) is 0 Å². The number of hydrogen-bond donors (Lipinski definition) is 2. The number of likely N-dealkylation sites (tertiary alicyclic amines) is 1. The van der Waals surface area contributed by atoms with Crippen LogP contribution in [-0.4, -0.2) is 56.8 Å². The number of nitrogens with zero attached hydrogens (tertiary/aromatic N) is 6. The number of carbonyl (C=O) groups excluding carboxylic acids is 1. The van der Waals surface area contributed by atoms with Gasteiger partial charge in [0.05, 0.1) is 24.1 Å². The van der Waals surface area contributed by atoms with E-state index in [9.17, 15) is 10.1 Å². The number of nitrogen functional groups attached to an aromatic ring is 1. The van der Waals surface area contributed by atoms with Crippen molar-refractivity contribution in [3.05, 3.63) is 47.9 Å². The Labute approximate surface area is 185 Å². The Balaban J connectivity index is 1.50. The first-order chi connectivity index (χ1) is 15.5. The molecule has 1 aliphatic heterocycles. The van der Waals surface area contributed by atoms with Crippen LogP contribution in [0, 0.1) is 11.3 Å². The number of ether oxygens (including phenoxy) is 1. The molecule has 4 rings (SSSR count). The van der Waals surface area contributed by atoms with Gasteiger partial charge in [-0.3, -0.25) is 4.79 Å². The van der Waals surface area contributed by atoms with Crippen LogP contribution in [0.3, 0.4) is 0 Å². The zero-order chi connectivity index (χ0) is 22.5. The highest BCUT2D eigenvalue weighted by atomic mass is 16.5. The standard InChI is InChI=1S/C22H24N8O2/c23-13-16-12-15(4-5-19(16)32-11-3-9-29-7-1-2-8-29)18-14-26-20(24)22(27-18)30-10-6-17(28-30)21(25)31/h4-6,10,12,14H,1-3,7-9,11H2,(H2,24,26)(H2,25,31). The largest absolute Gasteiger partial charge is 0.492 e. The lowest BCUT2D eigenvalue weighted by Crippen LogP contribution is -2.21. The molecule has 0 saturated carbocycles. The summed E-state index contributed by atoms with van der Waals surface area (Å²) in [6.07, 6.45) is 6.50. The second-order valence-corrected chi connectivity index (χ2v) is 7.55. The van der Waals surface area contributed by atoms with Crippen molar-refractivity contribution in [2.45, 2.75) is 19.3 Å². The minimum atomic E-state index is -0.652. The summed E-state index contributed by atoms with van der Waals surface area (Å²) in [6, 6.07) is 8.94. The molecule has 0 aliphatic carbocycles. The number of primary amides is 1. The summed E-state index contributed by atoms with van der Waals surface area (Å²) in [4.78, 5) is 22.4. The Morgan fingerprint density at radius 1 is 1.25 bits per heavy atom. The fourth-order valence-corrected chi connectivity index (χ4v) is 3.65. The third kappa shape index (κ3) is 4.68. The Hall–Kier alpha value is -3.97. The Bertz CT molecular complexity index is 1160. The van der Waals surface area contributed by atoms with Gasteiger partial charge in [0.15, 0.2) is 11.6 Å². The van der Waals surface area contributed by atoms with E-state index in [0.29, 0.717) is 29.2 Å². The number of amides is 1. The van der Waals surface area contributed by atoms with E-state index in [1.54, 1.807) is 12.1 Å². The van der Waals surface area contributed by atoms with E-state index in [4.69, 9.17) is 16.2 Å². The highest BCUT2D eigenvalue weighted by molar-refractivity contribution is 5.90. The molecule has 3 heterocycles. The molecule has 0 spiro atoms. The summed E-state index contributed by atoms with van der Waals surface area (Å²) in [5.74, 6) is 0.294. The van der Waals surface area contributed by atoms with Crippen molar-refractivity contribution in [2.24, 2.45) is 5.73 Å². The number of hydrogen-bond acceptors (Lipinski definition) is 8. The first kappa shape index (κ1) is 21.3. The molecular weight excluding hydrogens is 408 g/mol. The van der Waals surface area contributed by atoms with Gasteiger partial charge in [-0.25, -0.2) is 14.6 Å². The van der Waals surface area contributed by atoms with Gasteiger partial charge in [0.25, 0.3) is 5.91 Å². The van der Waals surface area contributed by atoms with Gasteiger partial charge in [-0.05, 0) is 56.6 Å². The summed E-state index contributed by atoms with van der Waals surface area (Å²) in [7, 11) is 0. The zero-order valence-electron chi connectivity index (χ0n) is 17.6. The van der Waals surface area contributed by atoms with Gasteiger partial charge in [-0.15, -0.1) is 0 Å². The Morgan fingerprint density at radius 3 is 2.78 bits per heavy atom. The lowest BCUT2D eigenvalue weighted by Gasteiger charge is -2.15. The predicted octanol–water partition coefficient (Wildman–Crippen LogP) is 1.75. The monoisotopic (exact) mass is 432 g/mol. The quantitative estimate of drug-likeness (QED) is 0.511. The molecular formula is C22H24N8O2. The van der Waals surface area contributed by atoms with Crippen LogP contribution < -0.4 is 16.2 Å². The molecule has 32 heavy (non-hydrogen) atoms. The summed E-state index contributed by atoms with van der Waals surface area (Å²) < 4.78 is 7.20. The van der Waals surface area contributed by atoms with Gasteiger partial charge in [0.2, 0.25) is 0 Å². The number of nitriles is 1. The number of nitrogens with two attached hydrogens (primary N) is 2. The molecule has 10 nitrogen and oxygen atoms in total. The van der Waals surface area contributed by atoms with Crippen LogP contribution in [0.15, 0.2) is 36.7 Å². The second kappa shape index (κ2) is 9.45. The SMILES string of the molecule is N#Cc1cc(-c2cnc(N)c(-n3ccc(C(N)=O)n3)n2)ccc1OCCCN1CCCC1. The molecule has 1 amide bonds. The summed E-state index contributed by atoms with van der Waals surface area (Å²) in [6.45, 7) is 3.88. The normalized spacial score (nSPS) is 13.7. The predicted molar refractivity (Wildman–Crippen MR) is 118 cm³/mol. The van der Waals surface area contributed by atoms with E-state index >= 15 is 0 Å². The Kier molecular flexibility index (Phi) is 6.28. The third-order valence-corrected chi connectivity index (χ3v) is 5.31. The highest BCUT2D eigenvalue weighted by Gasteiger charge is 2.14. The molecule has 0 bridgehead atoms. The number of benzene rings is 1. The highest BCUT2D eigenvalue weighted by Crippen LogP contribution is 2.26. The van der Waals surface area contributed by atoms with E-state index in [-0.39, 0.29) is 17.3 Å². The molecule has 1 fully saturated rings. The van der Waals surface area contributed by atoms with Crippen molar-refractivity contribution in [3.8, 4) is 28.9 Å². The van der Waals surface area contributed by atoms with E-state index in [1.807, 2.05) is 6.07 Å². The lowest BCUT2D eigenvalue weighted by atomic mass is 10.1. The summed E-state index contributed by atoms with van der Waals surface area (Å²) in [5.41, 5.74) is 12.9. The van der Waals surface area contributed by atoms with Crippen molar-refractivity contribution in [3.63, 3.8) is 0 Å². The van der Waals surface area contributed by atoms with E-state index < -0.39 is 5.91 Å². The smallest absolute Gasteiger partial charge is 0.269 e. The van der Waals surface area contributed by atoms with Gasteiger partial charge >= 0.3 is 0 Å². The molecule has 0 atom stereocenters. The average molecular weight is 432 g/mol. The molecule has 1 aliphatic rings. The molecule has 0 radical (unpaired) electrons. The third-order valence-electron chi connectivity index (χ3n) is 5.31. The first-order valence-electron chi connectivity index (χ1n) is 10.4. The van der Waals surface area contributed by atoms with Crippen molar-refractivity contribution >= 4 is 11.7 Å². The number of aromatic nitrogens is 4. The van der Waals surface area contributed by atoms with E-state index in [1.165, 1.54) is 36.0 Å². The summed E-state index contributed by atoms with van der Waals surface area (Å²) >= 11 is 0. The summed E-state index contributed by atoms with van der Waals surface area (Å²) in [5, 5.41) is 13.7. The number of anilines is 1. The molecule has 1 saturated heterocycles. The zero-order valence-corrected chi connectivity index (χ0v) is 17.6. The fourth-order valence-electron chi connectivity index (χ4n) is 3.65. The molecule has 3 aromatic rings. The van der Waals surface area contributed by atoms with Crippen LogP contribution in [-0.2, 0) is 0 Å². The molecule has 2 aromatic heterocycles. The van der Waals surface area contributed by atoms with Crippen LogP contribution in [0.25, 0.3) is 17.1 Å². The maximum Gasteiger partial charge on any atom is 0.269 e. The fraction of sp³-hybridized carbons (Fsp3) is 0.318.